The van der Waals surface area contributed by atoms with Crippen molar-refractivity contribution in [3.05, 3.63) is 65.2 Å². The Morgan fingerprint density at radius 3 is 2.54 bits per heavy atom. The molecular formula is C21H18N2O2S. The lowest BCUT2D eigenvalue weighted by atomic mass is 10.1. The lowest BCUT2D eigenvalue weighted by Crippen LogP contribution is -2.13. The number of carbonyl (C=O) groups excluding carboxylic acids is 1. The van der Waals surface area contributed by atoms with Gasteiger partial charge in [-0.2, -0.15) is 0 Å². The van der Waals surface area contributed by atoms with E-state index in [1.165, 1.54) is 16.9 Å². The number of methoxy groups -OCH3 is 1. The minimum absolute atomic E-state index is 0.221. The molecule has 1 N–H and O–H groups in total. The molecular weight excluding hydrogens is 344 g/mol. The zero-order chi connectivity index (χ0) is 18.3. The van der Waals surface area contributed by atoms with Crippen LogP contribution in [-0.4, -0.2) is 18.0 Å². The van der Waals surface area contributed by atoms with E-state index in [1.807, 2.05) is 43.3 Å². The zero-order valence-corrected chi connectivity index (χ0v) is 15.6. The molecule has 0 saturated carbocycles. The third-order valence-electron chi connectivity index (χ3n) is 4.36. The summed E-state index contributed by atoms with van der Waals surface area (Å²) in [5.74, 6) is 0.329. The smallest absolute Gasteiger partial charge is 0.261 e. The molecule has 0 aliphatic carbocycles. The van der Waals surface area contributed by atoms with Crippen molar-refractivity contribution in [2.45, 2.75) is 13.8 Å². The van der Waals surface area contributed by atoms with E-state index in [0.717, 1.165) is 26.6 Å². The summed E-state index contributed by atoms with van der Waals surface area (Å²) in [4.78, 5) is 17.4. The van der Waals surface area contributed by atoms with Crippen molar-refractivity contribution >= 4 is 43.4 Å². The van der Waals surface area contributed by atoms with Crippen LogP contribution >= 0.6 is 11.3 Å². The van der Waals surface area contributed by atoms with Crippen molar-refractivity contribution in [2.24, 2.45) is 0 Å². The monoisotopic (exact) mass is 362 g/mol. The van der Waals surface area contributed by atoms with Gasteiger partial charge in [0.05, 0.1) is 22.9 Å². The van der Waals surface area contributed by atoms with E-state index < -0.39 is 0 Å². The van der Waals surface area contributed by atoms with Gasteiger partial charge in [0.2, 0.25) is 0 Å². The van der Waals surface area contributed by atoms with Crippen LogP contribution in [-0.2, 0) is 0 Å². The number of anilines is 1. The number of hydrogen-bond donors (Lipinski definition) is 1. The highest BCUT2D eigenvalue weighted by Gasteiger charge is 2.16. The molecule has 0 radical (unpaired) electrons. The second kappa shape index (κ2) is 6.42. The molecule has 0 unspecified atom stereocenters. The summed E-state index contributed by atoms with van der Waals surface area (Å²) in [5, 5.41) is 5.54. The van der Waals surface area contributed by atoms with Gasteiger partial charge in [0, 0.05) is 0 Å². The average Bonchev–Trinajstić information content (AvgIpc) is 3.03. The maximum atomic E-state index is 12.8. The van der Waals surface area contributed by atoms with Gasteiger partial charge in [-0.05, 0) is 53.9 Å². The Labute approximate surface area is 155 Å². The van der Waals surface area contributed by atoms with Crippen molar-refractivity contribution in [3.8, 4) is 5.75 Å². The molecule has 3 aromatic carbocycles. The maximum Gasteiger partial charge on any atom is 0.261 e. The lowest BCUT2D eigenvalue weighted by Gasteiger charge is -2.09. The minimum Gasteiger partial charge on any atom is -0.496 e. The van der Waals surface area contributed by atoms with Gasteiger partial charge in [0.25, 0.3) is 5.91 Å². The van der Waals surface area contributed by atoms with Crippen LogP contribution in [0.5, 0.6) is 5.75 Å². The molecule has 0 aliphatic rings. The SMILES string of the molecule is COc1cc2ccccc2cc1C(=O)Nc1nc2c(C)cc(C)cc2s1. The Bertz CT molecular complexity index is 1150. The van der Waals surface area contributed by atoms with Gasteiger partial charge in [-0.1, -0.05) is 41.7 Å². The van der Waals surface area contributed by atoms with Crippen molar-refractivity contribution in [2.75, 3.05) is 12.4 Å². The summed E-state index contributed by atoms with van der Waals surface area (Å²) >= 11 is 1.48. The molecule has 0 fully saturated rings. The highest BCUT2D eigenvalue weighted by molar-refractivity contribution is 7.22. The highest BCUT2D eigenvalue weighted by Crippen LogP contribution is 2.31. The molecule has 0 aliphatic heterocycles. The first-order valence-electron chi connectivity index (χ1n) is 8.31. The summed E-state index contributed by atoms with van der Waals surface area (Å²) in [5.41, 5.74) is 3.73. The number of carbonyl (C=O) groups is 1. The number of rotatable bonds is 3. The third-order valence-corrected chi connectivity index (χ3v) is 5.28. The quantitative estimate of drug-likeness (QED) is 0.536. The van der Waals surface area contributed by atoms with E-state index >= 15 is 0 Å². The molecule has 1 amide bonds. The number of amides is 1. The summed E-state index contributed by atoms with van der Waals surface area (Å²) in [6.07, 6.45) is 0. The van der Waals surface area contributed by atoms with Crippen LogP contribution in [0.25, 0.3) is 21.0 Å². The second-order valence-electron chi connectivity index (χ2n) is 6.30. The van der Waals surface area contributed by atoms with E-state index in [9.17, 15) is 4.79 Å². The Kier molecular flexibility index (Phi) is 4.09. The van der Waals surface area contributed by atoms with Crippen molar-refractivity contribution < 1.29 is 9.53 Å². The lowest BCUT2D eigenvalue weighted by molar-refractivity contribution is 0.102. The molecule has 0 spiro atoms. The van der Waals surface area contributed by atoms with Gasteiger partial charge in [-0.25, -0.2) is 4.98 Å². The van der Waals surface area contributed by atoms with E-state index in [-0.39, 0.29) is 5.91 Å². The number of nitrogens with zero attached hydrogens (tertiary/aromatic N) is 1. The zero-order valence-electron chi connectivity index (χ0n) is 14.8. The maximum absolute atomic E-state index is 12.8. The predicted octanol–water partition coefficient (Wildman–Crippen LogP) is 5.33. The van der Waals surface area contributed by atoms with Gasteiger partial charge in [0.1, 0.15) is 5.75 Å². The first-order chi connectivity index (χ1) is 12.5. The number of ether oxygens (including phenoxy) is 1. The number of aryl methyl sites for hydroxylation is 2. The van der Waals surface area contributed by atoms with Gasteiger partial charge < -0.3 is 4.74 Å². The molecule has 130 valence electrons. The van der Waals surface area contributed by atoms with Gasteiger partial charge in [-0.15, -0.1) is 0 Å². The second-order valence-corrected chi connectivity index (χ2v) is 7.33. The van der Waals surface area contributed by atoms with E-state index in [4.69, 9.17) is 4.74 Å². The summed E-state index contributed by atoms with van der Waals surface area (Å²) in [7, 11) is 1.57. The van der Waals surface area contributed by atoms with Crippen LogP contribution < -0.4 is 10.1 Å². The summed E-state index contributed by atoms with van der Waals surface area (Å²) < 4.78 is 6.50. The van der Waals surface area contributed by atoms with Crippen LogP contribution in [0.15, 0.2) is 48.5 Å². The molecule has 1 aromatic heterocycles. The van der Waals surface area contributed by atoms with Crippen molar-refractivity contribution in [1.29, 1.82) is 0 Å². The minimum atomic E-state index is -0.221. The Balaban J connectivity index is 1.72. The van der Waals surface area contributed by atoms with E-state index in [2.05, 4.69) is 29.4 Å². The Morgan fingerprint density at radius 1 is 1.08 bits per heavy atom. The molecule has 4 aromatic rings. The first kappa shape index (κ1) is 16.5. The number of nitrogens with one attached hydrogen (secondary N) is 1. The molecule has 26 heavy (non-hydrogen) atoms. The fraction of sp³-hybridized carbons (Fsp3) is 0.143. The average molecular weight is 362 g/mol. The van der Waals surface area contributed by atoms with Crippen LogP contribution in [0.2, 0.25) is 0 Å². The molecule has 5 heteroatoms. The van der Waals surface area contributed by atoms with Crippen LogP contribution in [0, 0.1) is 13.8 Å². The van der Waals surface area contributed by atoms with E-state index in [1.54, 1.807) is 7.11 Å². The van der Waals surface area contributed by atoms with Crippen molar-refractivity contribution in [1.82, 2.24) is 4.98 Å². The number of hydrogen-bond acceptors (Lipinski definition) is 4. The van der Waals surface area contributed by atoms with E-state index in [0.29, 0.717) is 16.4 Å². The van der Waals surface area contributed by atoms with Crippen molar-refractivity contribution in [3.63, 3.8) is 0 Å². The number of aromatic nitrogens is 1. The summed E-state index contributed by atoms with van der Waals surface area (Å²) in [6, 6.07) is 15.8. The van der Waals surface area contributed by atoms with Gasteiger partial charge in [0.15, 0.2) is 5.13 Å². The molecule has 0 atom stereocenters. The van der Waals surface area contributed by atoms with Crippen LogP contribution in [0.1, 0.15) is 21.5 Å². The normalized spacial score (nSPS) is 11.0. The molecule has 0 saturated heterocycles. The number of benzene rings is 3. The summed E-state index contributed by atoms with van der Waals surface area (Å²) in [6.45, 7) is 4.09. The fourth-order valence-electron chi connectivity index (χ4n) is 3.15. The Morgan fingerprint density at radius 2 is 1.81 bits per heavy atom. The van der Waals surface area contributed by atoms with Gasteiger partial charge in [-0.3, -0.25) is 10.1 Å². The Hall–Kier alpha value is -2.92. The highest BCUT2D eigenvalue weighted by atomic mass is 32.1. The largest absolute Gasteiger partial charge is 0.496 e. The van der Waals surface area contributed by atoms with Gasteiger partial charge >= 0.3 is 0 Å². The molecule has 4 rings (SSSR count). The molecule has 4 nitrogen and oxygen atoms in total. The predicted molar refractivity (Wildman–Crippen MR) is 108 cm³/mol. The van der Waals surface area contributed by atoms with Crippen LogP contribution in [0.3, 0.4) is 0 Å². The third kappa shape index (κ3) is 2.91. The number of thiazole rings is 1. The molecule has 1 heterocycles. The fourth-order valence-corrected chi connectivity index (χ4v) is 4.19. The standard InChI is InChI=1S/C21H18N2O2S/c1-12-8-13(2)19-18(9-12)26-21(22-19)23-20(24)16-10-14-6-4-5-7-15(14)11-17(16)25-3/h4-11H,1-3H3,(H,22,23,24). The molecule has 0 bridgehead atoms. The van der Waals surface area contributed by atoms with Crippen LogP contribution in [0.4, 0.5) is 5.13 Å². The number of fused-ring (bicyclic) bond motifs is 2. The first-order valence-corrected chi connectivity index (χ1v) is 9.13. The topological polar surface area (TPSA) is 51.2 Å².